The number of nitrogen functional groups attached to an aromatic ring is 2. The van der Waals surface area contributed by atoms with Crippen molar-refractivity contribution in [1.82, 2.24) is 30.0 Å². The fraction of sp³-hybridized carbons (Fsp3) is 0.250. The van der Waals surface area contributed by atoms with Crippen LogP contribution in [0.3, 0.4) is 0 Å². The average molecular weight is 556 g/mol. The number of esters is 1. The smallest absolute Gasteiger partial charge is 0.308 e. The number of nitrogens with two attached hydrogens (primary N) is 2. The maximum Gasteiger partial charge on any atom is 0.308 e. The van der Waals surface area contributed by atoms with Crippen molar-refractivity contribution >= 4 is 51.0 Å². The zero-order chi connectivity index (χ0) is 28.7. The van der Waals surface area contributed by atoms with Gasteiger partial charge in [0.1, 0.15) is 29.3 Å². The standard InChI is InChI=1S/C28H29N9O4/c1-14(38)41-25-17-4-3-5-18(29)23(17)35-24(25)28(39)34-19-7-6-15(12-20(19)40-2)22-21-26(30)32-13-33-27(21)37(36-22)16-8-10-31-11-9-16/h3-7,12-13,16,31,35H,8-11,29H2,1-2H3,(H,34,39)(H2,30,32,33). The van der Waals surface area contributed by atoms with Crippen LogP contribution < -0.4 is 31.6 Å². The first kappa shape index (κ1) is 26.1. The van der Waals surface area contributed by atoms with E-state index >= 15 is 0 Å². The van der Waals surface area contributed by atoms with Crippen LogP contribution in [0.5, 0.6) is 11.5 Å². The zero-order valence-electron chi connectivity index (χ0n) is 22.5. The number of H-pyrrole nitrogens is 1. The summed E-state index contributed by atoms with van der Waals surface area (Å²) in [6, 6.07) is 10.6. The van der Waals surface area contributed by atoms with E-state index in [0.717, 1.165) is 31.5 Å². The van der Waals surface area contributed by atoms with Gasteiger partial charge in [-0.3, -0.25) is 9.59 Å². The molecule has 1 fully saturated rings. The van der Waals surface area contributed by atoms with E-state index in [-0.39, 0.29) is 17.5 Å². The van der Waals surface area contributed by atoms with E-state index in [0.29, 0.717) is 50.6 Å². The summed E-state index contributed by atoms with van der Waals surface area (Å²) in [7, 11) is 1.51. The highest BCUT2D eigenvalue weighted by atomic mass is 16.5. The van der Waals surface area contributed by atoms with Crippen LogP contribution in [0.15, 0.2) is 42.7 Å². The molecule has 0 aliphatic carbocycles. The minimum absolute atomic E-state index is 0.0517. The van der Waals surface area contributed by atoms with Crippen molar-refractivity contribution < 1.29 is 19.1 Å². The van der Waals surface area contributed by atoms with Gasteiger partial charge < -0.3 is 36.6 Å². The van der Waals surface area contributed by atoms with Gasteiger partial charge in [-0.1, -0.05) is 12.1 Å². The Hall–Kier alpha value is -5.17. The van der Waals surface area contributed by atoms with Gasteiger partial charge in [0.2, 0.25) is 0 Å². The molecule has 1 amide bonds. The molecule has 4 heterocycles. The van der Waals surface area contributed by atoms with Crippen LogP contribution >= 0.6 is 0 Å². The van der Waals surface area contributed by atoms with E-state index in [9.17, 15) is 9.59 Å². The van der Waals surface area contributed by atoms with Gasteiger partial charge in [-0.05, 0) is 50.2 Å². The molecule has 13 nitrogen and oxygen atoms in total. The third-order valence-electron chi connectivity index (χ3n) is 7.19. The summed E-state index contributed by atoms with van der Waals surface area (Å²) in [5.74, 6) is -0.290. The van der Waals surface area contributed by atoms with Gasteiger partial charge in [-0.15, -0.1) is 0 Å². The molecular formula is C28H29N9O4. The van der Waals surface area contributed by atoms with E-state index in [1.807, 2.05) is 10.7 Å². The minimum Gasteiger partial charge on any atom is -0.495 e. The van der Waals surface area contributed by atoms with E-state index in [2.05, 4.69) is 25.6 Å². The van der Waals surface area contributed by atoms with Crippen LogP contribution in [0.25, 0.3) is 33.2 Å². The highest BCUT2D eigenvalue weighted by Gasteiger charge is 2.26. The number of methoxy groups -OCH3 is 1. The molecule has 0 saturated carbocycles. The Balaban J connectivity index is 1.37. The predicted octanol–water partition coefficient (Wildman–Crippen LogP) is 3.25. The third kappa shape index (κ3) is 4.65. The van der Waals surface area contributed by atoms with Crippen LogP contribution in [0, 0.1) is 0 Å². The maximum absolute atomic E-state index is 13.4. The van der Waals surface area contributed by atoms with E-state index < -0.39 is 11.9 Å². The SMILES string of the molecule is COc1cc(-c2nn(C3CCNCC3)c3ncnc(N)c23)ccc1NC(=O)c1[nH]c2c(N)cccc2c1OC(C)=O. The number of aromatic nitrogens is 5. The van der Waals surface area contributed by atoms with Gasteiger partial charge in [0, 0.05) is 17.9 Å². The number of fused-ring (bicyclic) bond motifs is 2. The fourth-order valence-corrected chi connectivity index (χ4v) is 5.25. The number of nitrogens with zero attached hydrogens (tertiary/aromatic N) is 4. The number of benzene rings is 2. The van der Waals surface area contributed by atoms with Crippen molar-refractivity contribution in [2.24, 2.45) is 0 Å². The Morgan fingerprint density at radius 1 is 1.12 bits per heavy atom. The molecule has 0 radical (unpaired) electrons. The minimum atomic E-state index is -0.566. The van der Waals surface area contributed by atoms with Crippen LogP contribution in [0.1, 0.15) is 36.3 Å². The molecule has 2 aromatic carbocycles. The quantitative estimate of drug-likeness (QED) is 0.154. The summed E-state index contributed by atoms with van der Waals surface area (Å²) in [6.07, 6.45) is 3.29. The number of nitrogens with one attached hydrogen (secondary N) is 3. The second-order valence-electron chi connectivity index (χ2n) is 9.79. The lowest BCUT2D eigenvalue weighted by Crippen LogP contribution is -2.30. The second kappa shape index (κ2) is 10.4. The first-order valence-corrected chi connectivity index (χ1v) is 13.1. The first-order chi connectivity index (χ1) is 19.9. The summed E-state index contributed by atoms with van der Waals surface area (Å²) in [4.78, 5) is 36.9. The molecule has 0 atom stereocenters. The van der Waals surface area contributed by atoms with Gasteiger partial charge in [-0.25, -0.2) is 14.6 Å². The second-order valence-corrected chi connectivity index (χ2v) is 9.79. The summed E-state index contributed by atoms with van der Waals surface area (Å²) >= 11 is 0. The molecule has 7 N–H and O–H groups in total. The largest absolute Gasteiger partial charge is 0.495 e. The van der Waals surface area contributed by atoms with Crippen LogP contribution in [0.4, 0.5) is 17.2 Å². The molecular weight excluding hydrogens is 526 g/mol. The number of hydrogen-bond donors (Lipinski definition) is 5. The Bertz CT molecular complexity index is 1800. The highest BCUT2D eigenvalue weighted by molar-refractivity contribution is 6.12. The van der Waals surface area contributed by atoms with Crippen molar-refractivity contribution in [3.63, 3.8) is 0 Å². The number of anilines is 3. The van der Waals surface area contributed by atoms with Gasteiger partial charge in [0.15, 0.2) is 11.4 Å². The molecule has 0 unspecified atom stereocenters. The monoisotopic (exact) mass is 555 g/mol. The molecule has 210 valence electrons. The van der Waals surface area contributed by atoms with Crippen LogP contribution in [-0.2, 0) is 4.79 Å². The number of ether oxygens (including phenoxy) is 2. The van der Waals surface area contributed by atoms with Gasteiger partial charge in [0.05, 0.1) is 35.4 Å². The number of amides is 1. The molecule has 41 heavy (non-hydrogen) atoms. The molecule has 1 saturated heterocycles. The molecule has 0 bridgehead atoms. The lowest BCUT2D eigenvalue weighted by molar-refractivity contribution is -0.131. The predicted molar refractivity (Wildman–Crippen MR) is 155 cm³/mol. The van der Waals surface area contributed by atoms with Crippen LogP contribution in [-0.4, -0.2) is 56.8 Å². The highest BCUT2D eigenvalue weighted by Crippen LogP contribution is 2.38. The normalized spacial score (nSPS) is 13.9. The van der Waals surface area contributed by atoms with Gasteiger partial charge in [0.25, 0.3) is 5.91 Å². The Morgan fingerprint density at radius 2 is 1.93 bits per heavy atom. The molecule has 3 aromatic heterocycles. The van der Waals surface area contributed by atoms with E-state index in [1.54, 1.807) is 30.3 Å². The fourth-order valence-electron chi connectivity index (χ4n) is 5.25. The van der Waals surface area contributed by atoms with Gasteiger partial charge >= 0.3 is 5.97 Å². The number of rotatable bonds is 6. The Kier molecular flexibility index (Phi) is 6.63. The van der Waals surface area contributed by atoms with Crippen LogP contribution in [0.2, 0.25) is 0 Å². The third-order valence-corrected chi connectivity index (χ3v) is 7.19. The molecule has 13 heteroatoms. The van der Waals surface area contributed by atoms with Crippen molar-refractivity contribution in [1.29, 1.82) is 0 Å². The lowest BCUT2D eigenvalue weighted by Gasteiger charge is -2.23. The molecule has 0 spiro atoms. The summed E-state index contributed by atoms with van der Waals surface area (Å²) in [5, 5.41) is 12.3. The van der Waals surface area contributed by atoms with Crippen molar-refractivity contribution in [3.8, 4) is 22.8 Å². The zero-order valence-corrected chi connectivity index (χ0v) is 22.5. The molecule has 1 aliphatic rings. The number of piperidine rings is 1. The number of para-hydroxylation sites is 1. The topological polar surface area (TPSA) is 188 Å². The Morgan fingerprint density at radius 3 is 2.68 bits per heavy atom. The average Bonchev–Trinajstić information content (AvgIpc) is 3.54. The Labute approximate surface area is 234 Å². The van der Waals surface area contributed by atoms with Gasteiger partial charge in [-0.2, -0.15) is 5.10 Å². The van der Waals surface area contributed by atoms with Crippen molar-refractivity contribution in [3.05, 3.63) is 48.4 Å². The summed E-state index contributed by atoms with van der Waals surface area (Å²) in [6.45, 7) is 3.06. The number of carbonyl (C=O) groups excluding carboxylic acids is 2. The summed E-state index contributed by atoms with van der Waals surface area (Å²) < 4.78 is 13.0. The van der Waals surface area contributed by atoms with Crippen molar-refractivity contribution in [2.75, 3.05) is 37.0 Å². The summed E-state index contributed by atoms with van der Waals surface area (Å²) in [5.41, 5.74) is 15.8. The van der Waals surface area contributed by atoms with Crippen molar-refractivity contribution in [2.45, 2.75) is 25.8 Å². The number of aromatic amines is 1. The number of hydrogen-bond acceptors (Lipinski definition) is 10. The van der Waals surface area contributed by atoms with E-state index in [1.165, 1.54) is 20.4 Å². The van der Waals surface area contributed by atoms with E-state index in [4.69, 9.17) is 26.0 Å². The molecule has 5 aromatic rings. The maximum atomic E-state index is 13.4. The number of carbonyl (C=O) groups is 2. The molecule has 6 rings (SSSR count). The molecule has 1 aliphatic heterocycles. The first-order valence-electron chi connectivity index (χ1n) is 13.1. The lowest BCUT2D eigenvalue weighted by atomic mass is 10.1.